The van der Waals surface area contributed by atoms with E-state index in [1.807, 2.05) is 6.92 Å². The van der Waals surface area contributed by atoms with Crippen LogP contribution in [0.4, 0.5) is 18.9 Å². The van der Waals surface area contributed by atoms with E-state index in [0.29, 0.717) is 12.2 Å². The largest absolute Gasteiger partial charge is 0.481 e. The lowest BCUT2D eigenvalue weighted by molar-refractivity contribution is -0.141. The molecule has 0 fully saturated rings. The number of hydrogen-bond donors (Lipinski definition) is 1. The lowest BCUT2D eigenvalue weighted by atomic mass is 9.96. The van der Waals surface area contributed by atoms with Crippen LogP contribution in [-0.4, -0.2) is 23.7 Å². The standard InChI is InChI=1S/C14H16F3NO2/c1-3-18-11-6-4-5-10(14(15,16)17)9(11)7-12(18)8(2)13(19)20/h4-6,8,12H,3,7H2,1-2H3,(H,19,20). The number of carbonyl (C=O) groups is 1. The number of alkyl halides is 3. The van der Waals surface area contributed by atoms with Crippen LogP contribution in [0.3, 0.4) is 0 Å². The Hall–Kier alpha value is -1.72. The molecule has 1 N–H and O–H groups in total. The van der Waals surface area contributed by atoms with Crippen molar-refractivity contribution in [2.24, 2.45) is 5.92 Å². The number of anilines is 1. The van der Waals surface area contributed by atoms with E-state index in [1.165, 1.54) is 13.0 Å². The minimum Gasteiger partial charge on any atom is -0.481 e. The van der Waals surface area contributed by atoms with Crippen LogP contribution < -0.4 is 4.90 Å². The third-order valence-electron chi connectivity index (χ3n) is 3.89. The maximum Gasteiger partial charge on any atom is 0.416 e. The van der Waals surface area contributed by atoms with Gasteiger partial charge in [0.25, 0.3) is 0 Å². The molecular weight excluding hydrogens is 271 g/mol. The molecule has 1 aliphatic rings. The van der Waals surface area contributed by atoms with Gasteiger partial charge >= 0.3 is 12.1 Å². The van der Waals surface area contributed by atoms with Crippen LogP contribution in [0.1, 0.15) is 25.0 Å². The summed E-state index contributed by atoms with van der Waals surface area (Å²) in [6.45, 7) is 3.84. The first-order valence-corrected chi connectivity index (χ1v) is 6.45. The molecular formula is C14H16F3NO2. The third-order valence-corrected chi connectivity index (χ3v) is 3.89. The monoisotopic (exact) mass is 287 g/mol. The molecule has 110 valence electrons. The van der Waals surface area contributed by atoms with Crippen molar-refractivity contribution in [3.63, 3.8) is 0 Å². The predicted octanol–water partition coefficient (Wildman–Crippen LogP) is 3.18. The molecule has 1 aliphatic heterocycles. The van der Waals surface area contributed by atoms with Gasteiger partial charge in [-0.25, -0.2) is 0 Å². The van der Waals surface area contributed by atoms with E-state index in [-0.39, 0.29) is 12.0 Å². The highest BCUT2D eigenvalue weighted by atomic mass is 19.4. The summed E-state index contributed by atoms with van der Waals surface area (Å²) in [6, 6.07) is 3.62. The highest BCUT2D eigenvalue weighted by molar-refractivity contribution is 5.73. The highest BCUT2D eigenvalue weighted by Crippen LogP contribution is 2.42. The van der Waals surface area contributed by atoms with Crippen LogP contribution >= 0.6 is 0 Å². The molecule has 1 heterocycles. The number of carboxylic acids is 1. The first kappa shape index (κ1) is 14.7. The summed E-state index contributed by atoms with van der Waals surface area (Å²) in [6.07, 6.45) is -4.29. The van der Waals surface area contributed by atoms with Gasteiger partial charge in [0.2, 0.25) is 0 Å². The molecule has 6 heteroatoms. The number of nitrogens with zero attached hydrogens (tertiary/aromatic N) is 1. The summed E-state index contributed by atoms with van der Waals surface area (Å²) in [5.74, 6) is -1.71. The number of halogens is 3. The molecule has 1 aromatic rings. The Balaban J connectivity index is 2.47. The fraction of sp³-hybridized carbons (Fsp3) is 0.500. The van der Waals surface area contributed by atoms with Gasteiger partial charge in [-0.3, -0.25) is 4.79 Å². The van der Waals surface area contributed by atoms with E-state index in [4.69, 9.17) is 5.11 Å². The molecule has 0 radical (unpaired) electrons. The van der Waals surface area contributed by atoms with Gasteiger partial charge in [0, 0.05) is 18.3 Å². The second-order valence-corrected chi connectivity index (χ2v) is 4.99. The average Bonchev–Trinajstić information content (AvgIpc) is 2.74. The summed E-state index contributed by atoms with van der Waals surface area (Å²) in [5, 5.41) is 9.11. The van der Waals surface area contributed by atoms with Crippen molar-refractivity contribution >= 4 is 11.7 Å². The number of benzene rings is 1. The smallest absolute Gasteiger partial charge is 0.416 e. The normalized spacial score (nSPS) is 19.9. The second-order valence-electron chi connectivity index (χ2n) is 4.99. The lowest BCUT2D eigenvalue weighted by Gasteiger charge is -2.28. The molecule has 2 rings (SSSR count). The van der Waals surface area contributed by atoms with Crippen molar-refractivity contribution in [3.8, 4) is 0 Å². The number of carboxylic acid groups (broad SMARTS) is 1. The van der Waals surface area contributed by atoms with Gasteiger partial charge in [0.15, 0.2) is 0 Å². The van der Waals surface area contributed by atoms with Crippen molar-refractivity contribution in [2.75, 3.05) is 11.4 Å². The summed E-state index contributed by atoms with van der Waals surface area (Å²) < 4.78 is 39.1. The van der Waals surface area contributed by atoms with Crippen molar-refractivity contribution in [1.29, 1.82) is 0 Å². The van der Waals surface area contributed by atoms with Gasteiger partial charge in [0.1, 0.15) is 0 Å². The Morgan fingerprint density at radius 1 is 1.50 bits per heavy atom. The summed E-state index contributed by atoms with van der Waals surface area (Å²) >= 11 is 0. The van der Waals surface area contributed by atoms with Crippen LogP contribution in [0.2, 0.25) is 0 Å². The van der Waals surface area contributed by atoms with E-state index in [0.717, 1.165) is 6.07 Å². The Labute approximate surface area is 115 Å². The predicted molar refractivity (Wildman–Crippen MR) is 68.8 cm³/mol. The van der Waals surface area contributed by atoms with Crippen LogP contribution in [0.15, 0.2) is 18.2 Å². The van der Waals surface area contributed by atoms with Crippen LogP contribution in [0, 0.1) is 5.92 Å². The topological polar surface area (TPSA) is 40.5 Å². The summed E-state index contributed by atoms with van der Waals surface area (Å²) in [4.78, 5) is 12.9. The molecule has 0 aliphatic carbocycles. The number of fused-ring (bicyclic) bond motifs is 1. The van der Waals surface area contributed by atoms with Crippen molar-refractivity contribution < 1.29 is 23.1 Å². The zero-order chi connectivity index (χ0) is 15.1. The van der Waals surface area contributed by atoms with Crippen molar-refractivity contribution in [1.82, 2.24) is 0 Å². The van der Waals surface area contributed by atoms with Gasteiger partial charge in [0.05, 0.1) is 11.5 Å². The van der Waals surface area contributed by atoms with Gasteiger partial charge in [-0.05, 0) is 38.0 Å². The fourth-order valence-electron chi connectivity index (χ4n) is 2.84. The molecule has 0 bridgehead atoms. The van der Waals surface area contributed by atoms with Crippen LogP contribution in [0.25, 0.3) is 0 Å². The highest BCUT2D eigenvalue weighted by Gasteiger charge is 2.41. The van der Waals surface area contributed by atoms with E-state index in [9.17, 15) is 18.0 Å². The van der Waals surface area contributed by atoms with Crippen LogP contribution in [-0.2, 0) is 17.4 Å². The average molecular weight is 287 g/mol. The molecule has 0 saturated carbocycles. The quantitative estimate of drug-likeness (QED) is 0.928. The lowest BCUT2D eigenvalue weighted by Crippen LogP contribution is -2.40. The molecule has 0 aromatic heterocycles. The van der Waals surface area contributed by atoms with Gasteiger partial charge < -0.3 is 10.0 Å². The SMILES string of the molecule is CCN1c2cccc(C(F)(F)F)c2CC1C(C)C(=O)O. The molecule has 20 heavy (non-hydrogen) atoms. The zero-order valence-corrected chi connectivity index (χ0v) is 11.2. The molecule has 0 amide bonds. The van der Waals surface area contributed by atoms with E-state index in [1.54, 1.807) is 11.0 Å². The maximum absolute atomic E-state index is 13.0. The summed E-state index contributed by atoms with van der Waals surface area (Å²) in [5.41, 5.74) is 0.0499. The minimum absolute atomic E-state index is 0.117. The Kier molecular flexibility index (Phi) is 3.67. The Bertz CT molecular complexity index is 528. The zero-order valence-electron chi connectivity index (χ0n) is 11.2. The molecule has 1 aromatic carbocycles. The Morgan fingerprint density at radius 2 is 2.15 bits per heavy atom. The second kappa shape index (κ2) is 5.00. The van der Waals surface area contributed by atoms with Gasteiger partial charge in [-0.2, -0.15) is 13.2 Å². The number of aliphatic carboxylic acids is 1. The first-order chi connectivity index (χ1) is 9.27. The molecule has 3 nitrogen and oxygen atoms in total. The van der Waals surface area contributed by atoms with Crippen molar-refractivity contribution in [3.05, 3.63) is 29.3 Å². The summed E-state index contributed by atoms with van der Waals surface area (Å²) in [7, 11) is 0. The number of hydrogen-bond acceptors (Lipinski definition) is 2. The van der Waals surface area contributed by atoms with E-state index < -0.39 is 29.7 Å². The maximum atomic E-state index is 13.0. The van der Waals surface area contributed by atoms with Crippen molar-refractivity contribution in [2.45, 2.75) is 32.5 Å². The minimum atomic E-state index is -4.41. The van der Waals surface area contributed by atoms with Gasteiger partial charge in [-0.1, -0.05) is 6.07 Å². The number of likely N-dealkylation sites (N-methyl/N-ethyl adjacent to an activating group) is 1. The van der Waals surface area contributed by atoms with Crippen LogP contribution in [0.5, 0.6) is 0 Å². The van der Waals surface area contributed by atoms with Gasteiger partial charge in [-0.15, -0.1) is 0 Å². The third kappa shape index (κ3) is 2.34. The van der Waals surface area contributed by atoms with E-state index in [2.05, 4.69) is 0 Å². The number of rotatable bonds is 3. The molecule has 0 spiro atoms. The molecule has 2 atom stereocenters. The Morgan fingerprint density at radius 3 is 2.65 bits per heavy atom. The molecule has 2 unspecified atom stereocenters. The molecule has 0 saturated heterocycles. The fourth-order valence-corrected chi connectivity index (χ4v) is 2.84. The first-order valence-electron chi connectivity index (χ1n) is 6.45. The van der Waals surface area contributed by atoms with E-state index >= 15 is 0 Å².